The van der Waals surface area contributed by atoms with Crippen LogP contribution in [0.1, 0.15) is 12.5 Å². The highest BCUT2D eigenvalue weighted by molar-refractivity contribution is 8.00. The Kier molecular flexibility index (Phi) is 6.20. The van der Waals surface area contributed by atoms with Gasteiger partial charge in [0, 0.05) is 12.3 Å². The fourth-order valence-corrected chi connectivity index (χ4v) is 3.19. The normalized spacial score (nSPS) is 17.5. The highest BCUT2D eigenvalue weighted by Crippen LogP contribution is 2.29. The second kappa shape index (κ2) is 8.14. The number of benzene rings is 1. The number of carbonyl (C=O) groups is 1. The zero-order chi connectivity index (χ0) is 15.1. The summed E-state index contributed by atoms with van der Waals surface area (Å²) in [7, 11) is 1.60. The lowest BCUT2D eigenvalue weighted by Gasteiger charge is -2.14. The molecule has 1 saturated heterocycles. The molecule has 1 N–H and O–H groups in total. The van der Waals surface area contributed by atoms with E-state index in [4.69, 9.17) is 14.2 Å². The average Bonchev–Trinajstić information content (AvgIpc) is 2.99. The molecule has 0 aliphatic carbocycles. The number of nitrogens with one attached hydrogen (secondary N) is 1. The van der Waals surface area contributed by atoms with Crippen molar-refractivity contribution in [3.63, 3.8) is 0 Å². The van der Waals surface area contributed by atoms with E-state index in [-0.39, 0.29) is 12.6 Å². The van der Waals surface area contributed by atoms with Crippen molar-refractivity contribution in [3.8, 4) is 11.5 Å². The Bertz CT molecular complexity index is 475. The minimum atomic E-state index is -0.379. The van der Waals surface area contributed by atoms with Gasteiger partial charge in [-0.25, -0.2) is 4.79 Å². The Balaban J connectivity index is 1.96. The average molecular weight is 311 g/mol. The smallest absolute Gasteiger partial charge is 0.344 e. The largest absolute Gasteiger partial charge is 0.493 e. The zero-order valence-electron chi connectivity index (χ0n) is 12.4. The predicted molar refractivity (Wildman–Crippen MR) is 83.1 cm³/mol. The molecule has 116 valence electrons. The van der Waals surface area contributed by atoms with Gasteiger partial charge in [0.25, 0.3) is 0 Å². The molecule has 1 aromatic carbocycles. The van der Waals surface area contributed by atoms with Crippen LogP contribution in [-0.4, -0.2) is 44.0 Å². The van der Waals surface area contributed by atoms with Crippen LogP contribution in [0.4, 0.5) is 0 Å². The molecule has 1 atom stereocenters. The van der Waals surface area contributed by atoms with Crippen LogP contribution in [0.15, 0.2) is 18.2 Å². The Hall–Kier alpha value is -1.40. The van der Waals surface area contributed by atoms with E-state index in [1.54, 1.807) is 14.0 Å². The lowest BCUT2D eigenvalue weighted by Crippen LogP contribution is -2.21. The Morgan fingerprint density at radius 2 is 2.29 bits per heavy atom. The summed E-state index contributed by atoms with van der Waals surface area (Å²) in [6.07, 6.45) is 0.944. The lowest BCUT2D eigenvalue weighted by molar-refractivity contribution is -0.145. The second-order valence-electron chi connectivity index (χ2n) is 4.60. The van der Waals surface area contributed by atoms with E-state index in [1.807, 2.05) is 30.0 Å². The van der Waals surface area contributed by atoms with Gasteiger partial charge in [-0.05, 0) is 31.0 Å². The van der Waals surface area contributed by atoms with Gasteiger partial charge >= 0.3 is 5.97 Å². The first-order valence-electron chi connectivity index (χ1n) is 7.03. The molecule has 1 aliphatic rings. The van der Waals surface area contributed by atoms with Gasteiger partial charge in [-0.15, -0.1) is 11.8 Å². The van der Waals surface area contributed by atoms with Crippen molar-refractivity contribution in [1.29, 1.82) is 0 Å². The molecular weight excluding hydrogens is 290 g/mol. The van der Waals surface area contributed by atoms with Crippen molar-refractivity contribution < 1.29 is 19.0 Å². The molecule has 1 heterocycles. The molecule has 2 rings (SSSR count). The maximum absolute atomic E-state index is 11.3. The van der Waals surface area contributed by atoms with E-state index in [0.717, 1.165) is 18.7 Å². The Morgan fingerprint density at radius 1 is 1.43 bits per heavy atom. The van der Waals surface area contributed by atoms with Crippen LogP contribution in [0.5, 0.6) is 11.5 Å². The summed E-state index contributed by atoms with van der Waals surface area (Å²) in [5.74, 6) is 1.97. The van der Waals surface area contributed by atoms with Crippen molar-refractivity contribution in [1.82, 2.24) is 5.32 Å². The van der Waals surface area contributed by atoms with Gasteiger partial charge in [0.1, 0.15) is 0 Å². The molecule has 0 spiro atoms. The number of hydrogen-bond acceptors (Lipinski definition) is 6. The maximum Gasteiger partial charge on any atom is 0.344 e. The second-order valence-corrected chi connectivity index (χ2v) is 5.91. The van der Waals surface area contributed by atoms with Gasteiger partial charge in [-0.1, -0.05) is 6.07 Å². The topological polar surface area (TPSA) is 56.8 Å². The summed E-state index contributed by atoms with van der Waals surface area (Å²) in [5.41, 5.74) is 1.18. The zero-order valence-corrected chi connectivity index (χ0v) is 13.2. The van der Waals surface area contributed by atoms with Crippen LogP contribution in [0.25, 0.3) is 0 Å². The molecule has 1 aliphatic heterocycles. The molecule has 1 unspecified atom stereocenters. The minimum Gasteiger partial charge on any atom is -0.493 e. The summed E-state index contributed by atoms with van der Waals surface area (Å²) < 4.78 is 15.6. The SMILES string of the molecule is CCOC(=O)COc1ccc(CC2NCCS2)cc1OC. The van der Waals surface area contributed by atoms with E-state index in [0.29, 0.717) is 23.5 Å². The summed E-state index contributed by atoms with van der Waals surface area (Å²) in [6.45, 7) is 3.07. The van der Waals surface area contributed by atoms with Crippen molar-refractivity contribution in [3.05, 3.63) is 23.8 Å². The van der Waals surface area contributed by atoms with Gasteiger partial charge < -0.3 is 19.5 Å². The van der Waals surface area contributed by atoms with Crippen molar-refractivity contribution in [2.24, 2.45) is 0 Å². The third kappa shape index (κ3) is 4.82. The van der Waals surface area contributed by atoms with Crippen LogP contribution in [-0.2, 0) is 16.0 Å². The monoisotopic (exact) mass is 311 g/mol. The number of esters is 1. The third-order valence-corrected chi connectivity index (χ3v) is 4.27. The van der Waals surface area contributed by atoms with Gasteiger partial charge in [0.2, 0.25) is 0 Å². The Morgan fingerprint density at radius 3 is 2.95 bits per heavy atom. The molecule has 6 heteroatoms. The van der Waals surface area contributed by atoms with Crippen molar-refractivity contribution >= 4 is 17.7 Å². The molecular formula is C15H21NO4S. The van der Waals surface area contributed by atoms with E-state index in [2.05, 4.69) is 5.32 Å². The maximum atomic E-state index is 11.3. The summed E-state index contributed by atoms with van der Waals surface area (Å²) in [5, 5.41) is 3.90. The lowest BCUT2D eigenvalue weighted by atomic mass is 10.1. The van der Waals surface area contributed by atoms with Crippen molar-refractivity contribution in [2.45, 2.75) is 18.7 Å². The first-order valence-corrected chi connectivity index (χ1v) is 8.08. The summed E-state index contributed by atoms with van der Waals surface area (Å²) in [6, 6.07) is 5.80. The van der Waals surface area contributed by atoms with E-state index >= 15 is 0 Å². The van der Waals surface area contributed by atoms with Gasteiger partial charge in [-0.2, -0.15) is 0 Å². The number of thioether (sulfide) groups is 1. The molecule has 0 saturated carbocycles. The van der Waals surface area contributed by atoms with Crippen LogP contribution in [0, 0.1) is 0 Å². The van der Waals surface area contributed by atoms with Crippen molar-refractivity contribution in [2.75, 3.05) is 32.6 Å². The highest BCUT2D eigenvalue weighted by atomic mass is 32.2. The predicted octanol–water partition coefficient (Wildman–Crippen LogP) is 1.84. The van der Waals surface area contributed by atoms with E-state index in [9.17, 15) is 4.79 Å². The van der Waals surface area contributed by atoms with Crippen LogP contribution >= 0.6 is 11.8 Å². The standard InChI is InChI=1S/C15H21NO4S/c1-3-19-15(17)10-20-12-5-4-11(8-13(12)18-2)9-14-16-6-7-21-14/h4-5,8,14,16H,3,6-7,9-10H2,1-2H3. The molecule has 0 radical (unpaired) electrons. The number of rotatable bonds is 7. The summed E-state index contributed by atoms with van der Waals surface area (Å²) >= 11 is 1.93. The van der Waals surface area contributed by atoms with Gasteiger partial charge in [0.15, 0.2) is 18.1 Å². The molecule has 21 heavy (non-hydrogen) atoms. The number of hydrogen-bond donors (Lipinski definition) is 1. The minimum absolute atomic E-state index is 0.108. The summed E-state index contributed by atoms with van der Waals surface area (Å²) in [4.78, 5) is 11.3. The highest BCUT2D eigenvalue weighted by Gasteiger charge is 2.16. The first kappa shape index (κ1) is 16.0. The van der Waals surface area contributed by atoms with Gasteiger partial charge in [-0.3, -0.25) is 0 Å². The number of methoxy groups -OCH3 is 1. The first-order chi connectivity index (χ1) is 10.2. The molecule has 0 amide bonds. The fourth-order valence-electron chi connectivity index (χ4n) is 2.12. The van der Waals surface area contributed by atoms with Gasteiger partial charge in [0.05, 0.1) is 19.1 Å². The van der Waals surface area contributed by atoms with E-state index < -0.39 is 0 Å². The Labute approximate surface area is 129 Å². The number of carbonyl (C=O) groups excluding carboxylic acids is 1. The van der Waals surface area contributed by atoms with Crippen LogP contribution < -0.4 is 14.8 Å². The van der Waals surface area contributed by atoms with Crippen LogP contribution in [0.2, 0.25) is 0 Å². The molecule has 1 aromatic rings. The molecule has 5 nitrogen and oxygen atoms in total. The van der Waals surface area contributed by atoms with E-state index in [1.165, 1.54) is 5.56 Å². The quantitative estimate of drug-likeness (QED) is 0.776. The molecule has 1 fully saturated rings. The van der Waals surface area contributed by atoms with Crippen LogP contribution in [0.3, 0.4) is 0 Å². The molecule has 0 bridgehead atoms. The number of ether oxygens (including phenoxy) is 3. The molecule has 0 aromatic heterocycles. The third-order valence-electron chi connectivity index (χ3n) is 3.09. The fraction of sp³-hybridized carbons (Fsp3) is 0.533.